The van der Waals surface area contributed by atoms with Crippen LogP contribution >= 0.6 is 11.8 Å². The molecular weight excluding hydrogens is 256 g/mol. The summed E-state index contributed by atoms with van der Waals surface area (Å²) >= 11 is 1.64. The summed E-state index contributed by atoms with van der Waals surface area (Å²) in [4.78, 5) is 22.9. The predicted molar refractivity (Wildman–Crippen MR) is 71.7 cm³/mol. The number of thioether (sulfide) groups is 1. The van der Waals surface area contributed by atoms with E-state index in [1.807, 2.05) is 6.26 Å². The van der Waals surface area contributed by atoms with Crippen LogP contribution in [0.15, 0.2) is 18.2 Å². The molecule has 0 aliphatic heterocycles. The largest absolute Gasteiger partial charge is 0.478 e. The van der Waals surface area contributed by atoms with Gasteiger partial charge in [-0.2, -0.15) is 11.8 Å². The first-order valence-corrected chi connectivity index (χ1v) is 6.58. The van der Waals surface area contributed by atoms with E-state index in [0.717, 1.165) is 11.8 Å². The Kier molecular flexibility index (Phi) is 4.96. The highest BCUT2D eigenvalue weighted by Crippen LogP contribution is 2.28. The number of nitro benzene ring substituents is 1. The first-order chi connectivity index (χ1) is 8.47. The average Bonchev–Trinajstić information content (AvgIpc) is 2.34. The van der Waals surface area contributed by atoms with Crippen LogP contribution in [0, 0.1) is 10.1 Å². The number of hydrogen-bond donors (Lipinski definition) is 1. The third kappa shape index (κ3) is 3.36. The summed E-state index contributed by atoms with van der Waals surface area (Å²) in [6.07, 6.45) is 1.95. The molecule has 7 heteroatoms. The van der Waals surface area contributed by atoms with Gasteiger partial charge >= 0.3 is 5.97 Å². The molecule has 0 aliphatic carbocycles. The maximum absolute atomic E-state index is 11.0. The highest BCUT2D eigenvalue weighted by atomic mass is 32.2. The second-order valence-corrected chi connectivity index (χ2v) is 4.67. The molecule has 0 aliphatic rings. The van der Waals surface area contributed by atoms with Crippen LogP contribution in [0.2, 0.25) is 0 Å². The zero-order chi connectivity index (χ0) is 13.7. The predicted octanol–water partition coefficient (Wildman–Crippen LogP) is 2.09. The van der Waals surface area contributed by atoms with Crippen LogP contribution in [0.3, 0.4) is 0 Å². The zero-order valence-corrected chi connectivity index (χ0v) is 10.9. The maximum Gasteiger partial charge on any atom is 0.335 e. The van der Waals surface area contributed by atoms with E-state index in [9.17, 15) is 14.9 Å². The van der Waals surface area contributed by atoms with Crippen molar-refractivity contribution in [2.75, 3.05) is 30.5 Å². The van der Waals surface area contributed by atoms with Gasteiger partial charge in [0.1, 0.15) is 5.69 Å². The highest BCUT2D eigenvalue weighted by Gasteiger charge is 2.19. The molecule has 18 heavy (non-hydrogen) atoms. The van der Waals surface area contributed by atoms with Crippen molar-refractivity contribution in [2.45, 2.75) is 0 Å². The van der Waals surface area contributed by atoms with Gasteiger partial charge in [-0.25, -0.2) is 4.79 Å². The average molecular weight is 270 g/mol. The summed E-state index contributed by atoms with van der Waals surface area (Å²) < 4.78 is 0. The van der Waals surface area contributed by atoms with E-state index in [-0.39, 0.29) is 11.3 Å². The minimum absolute atomic E-state index is 0.0799. The fourth-order valence-corrected chi connectivity index (χ4v) is 1.93. The maximum atomic E-state index is 11.0. The van der Waals surface area contributed by atoms with Gasteiger partial charge < -0.3 is 10.0 Å². The van der Waals surface area contributed by atoms with Crippen molar-refractivity contribution in [2.24, 2.45) is 0 Å². The summed E-state index contributed by atoms with van der Waals surface area (Å²) in [7, 11) is 1.75. The third-order valence-corrected chi connectivity index (χ3v) is 3.05. The number of rotatable bonds is 6. The molecular formula is C11H14N2O4S. The molecule has 1 rings (SSSR count). The summed E-state index contributed by atoms with van der Waals surface area (Å²) in [6, 6.07) is 3.94. The first kappa shape index (κ1) is 14.3. The van der Waals surface area contributed by atoms with Crippen molar-refractivity contribution < 1.29 is 14.8 Å². The second-order valence-electron chi connectivity index (χ2n) is 3.68. The number of carboxylic acids is 1. The van der Waals surface area contributed by atoms with Gasteiger partial charge in [0.2, 0.25) is 0 Å². The normalized spacial score (nSPS) is 10.1. The minimum Gasteiger partial charge on any atom is -0.478 e. The van der Waals surface area contributed by atoms with Crippen LogP contribution < -0.4 is 4.90 Å². The number of anilines is 1. The van der Waals surface area contributed by atoms with Crippen LogP contribution in [0.5, 0.6) is 0 Å². The van der Waals surface area contributed by atoms with Crippen molar-refractivity contribution in [3.05, 3.63) is 33.9 Å². The molecule has 6 nitrogen and oxygen atoms in total. The molecule has 0 saturated carbocycles. The molecule has 0 atom stereocenters. The Balaban J connectivity index is 3.11. The molecule has 0 saturated heterocycles. The molecule has 1 aromatic rings. The molecule has 98 valence electrons. The Morgan fingerprint density at radius 2 is 2.22 bits per heavy atom. The number of carboxylic acid groups (broad SMARTS) is 1. The molecule has 0 aromatic heterocycles. The lowest BCUT2D eigenvalue weighted by atomic mass is 10.1. The van der Waals surface area contributed by atoms with Crippen molar-refractivity contribution >= 4 is 29.1 Å². The first-order valence-electron chi connectivity index (χ1n) is 5.19. The van der Waals surface area contributed by atoms with Crippen LogP contribution in [-0.2, 0) is 0 Å². The summed E-state index contributed by atoms with van der Waals surface area (Å²) in [5, 5.41) is 19.8. The Bertz CT molecular complexity index is 464. The number of benzene rings is 1. The van der Waals surface area contributed by atoms with E-state index < -0.39 is 10.9 Å². The van der Waals surface area contributed by atoms with Gasteiger partial charge in [0.15, 0.2) is 0 Å². The van der Waals surface area contributed by atoms with Crippen molar-refractivity contribution in [3.8, 4) is 0 Å². The number of nitro groups is 1. The third-order valence-electron chi connectivity index (χ3n) is 2.46. The topological polar surface area (TPSA) is 83.7 Å². The van der Waals surface area contributed by atoms with E-state index in [4.69, 9.17) is 5.11 Å². The monoisotopic (exact) mass is 270 g/mol. The van der Waals surface area contributed by atoms with E-state index >= 15 is 0 Å². The lowest BCUT2D eigenvalue weighted by Gasteiger charge is -2.18. The second kappa shape index (κ2) is 6.25. The number of nitrogens with zero attached hydrogens (tertiary/aromatic N) is 2. The molecule has 0 heterocycles. The number of hydrogen-bond acceptors (Lipinski definition) is 5. The molecule has 1 aromatic carbocycles. The van der Waals surface area contributed by atoms with Gasteiger partial charge in [-0.3, -0.25) is 10.1 Å². The van der Waals surface area contributed by atoms with Gasteiger partial charge in [0.05, 0.1) is 10.5 Å². The molecule has 0 unspecified atom stereocenters. The SMILES string of the molecule is CSCCN(C)c1ccc(C(=O)O)cc1[N+](=O)[O-]. The van der Waals surface area contributed by atoms with E-state index in [1.165, 1.54) is 12.1 Å². The van der Waals surface area contributed by atoms with E-state index in [0.29, 0.717) is 12.2 Å². The highest BCUT2D eigenvalue weighted by molar-refractivity contribution is 7.98. The van der Waals surface area contributed by atoms with Crippen molar-refractivity contribution in [3.63, 3.8) is 0 Å². The molecule has 0 spiro atoms. The number of aromatic carboxylic acids is 1. The van der Waals surface area contributed by atoms with Crippen molar-refractivity contribution in [1.29, 1.82) is 0 Å². The fraction of sp³-hybridized carbons (Fsp3) is 0.364. The molecule has 1 N–H and O–H groups in total. The zero-order valence-electron chi connectivity index (χ0n) is 10.1. The molecule has 0 bridgehead atoms. The van der Waals surface area contributed by atoms with Crippen LogP contribution in [-0.4, -0.2) is 41.6 Å². The Morgan fingerprint density at radius 1 is 1.56 bits per heavy atom. The van der Waals surface area contributed by atoms with Crippen LogP contribution in [0.1, 0.15) is 10.4 Å². The van der Waals surface area contributed by atoms with Crippen LogP contribution in [0.4, 0.5) is 11.4 Å². The van der Waals surface area contributed by atoms with Gasteiger partial charge in [-0.05, 0) is 18.4 Å². The summed E-state index contributed by atoms with van der Waals surface area (Å²) in [5.74, 6) is -0.328. The van der Waals surface area contributed by atoms with Crippen molar-refractivity contribution in [1.82, 2.24) is 0 Å². The summed E-state index contributed by atoms with van der Waals surface area (Å²) in [5.41, 5.74) is 0.168. The minimum atomic E-state index is -1.17. The van der Waals surface area contributed by atoms with Crippen LogP contribution in [0.25, 0.3) is 0 Å². The lowest BCUT2D eigenvalue weighted by molar-refractivity contribution is -0.384. The Labute approximate surface area is 109 Å². The fourth-order valence-electron chi connectivity index (χ4n) is 1.47. The van der Waals surface area contributed by atoms with Gasteiger partial charge in [0.25, 0.3) is 5.69 Å². The Morgan fingerprint density at radius 3 is 2.72 bits per heavy atom. The van der Waals surface area contributed by atoms with E-state index in [1.54, 1.807) is 23.7 Å². The smallest absolute Gasteiger partial charge is 0.335 e. The van der Waals surface area contributed by atoms with Gasteiger partial charge in [-0.15, -0.1) is 0 Å². The standard InChI is InChI=1S/C11H14N2O4S/c1-12(5-6-18-2)9-4-3-8(11(14)15)7-10(9)13(16)17/h3-4,7H,5-6H2,1-2H3,(H,14,15). The quantitative estimate of drug-likeness (QED) is 0.629. The molecule has 0 fully saturated rings. The lowest BCUT2D eigenvalue weighted by Crippen LogP contribution is -2.21. The molecule has 0 radical (unpaired) electrons. The van der Waals surface area contributed by atoms with E-state index in [2.05, 4.69) is 0 Å². The summed E-state index contributed by atoms with van der Waals surface area (Å²) in [6.45, 7) is 0.661. The molecule has 0 amide bonds. The number of carbonyl (C=O) groups is 1. The van der Waals surface area contributed by atoms with Gasteiger partial charge in [0, 0.05) is 25.4 Å². The van der Waals surface area contributed by atoms with Gasteiger partial charge in [-0.1, -0.05) is 0 Å². The Hall–Kier alpha value is -1.76.